The highest BCUT2D eigenvalue weighted by molar-refractivity contribution is 7.92. The summed E-state index contributed by atoms with van der Waals surface area (Å²) >= 11 is 12.5. The molecule has 45 heavy (non-hydrogen) atoms. The van der Waals surface area contributed by atoms with Gasteiger partial charge >= 0.3 is 0 Å². The zero-order valence-electron chi connectivity index (χ0n) is 25.5. The van der Waals surface area contributed by atoms with E-state index in [0.29, 0.717) is 33.3 Å². The van der Waals surface area contributed by atoms with E-state index in [1.807, 2.05) is 44.2 Å². The number of rotatable bonds is 13. The molecule has 0 unspecified atom stereocenters. The van der Waals surface area contributed by atoms with Crippen LogP contribution in [0.1, 0.15) is 37.0 Å². The van der Waals surface area contributed by atoms with Crippen LogP contribution in [0.25, 0.3) is 0 Å². The molecule has 0 saturated heterocycles. The standard InChI is InChI=1S/C35H37Cl2N3O4S/c1-4-26(3)38-35(42)33(22-27-14-7-5-8-15-27)39(23-28-19-20-30(36)31(37)21-28)34(41)24-40(32-18-12-11-13-25(32)2)45(43,44)29-16-9-6-10-17-29/h5-21,26,33H,4,22-24H2,1-3H3,(H,38,42)/t26-,33-/m0/s1. The average molecular weight is 667 g/mol. The first-order valence-corrected chi connectivity index (χ1v) is 16.9. The lowest BCUT2D eigenvalue weighted by Gasteiger charge is -2.34. The molecule has 2 amide bonds. The highest BCUT2D eigenvalue weighted by Gasteiger charge is 2.35. The monoisotopic (exact) mass is 665 g/mol. The van der Waals surface area contributed by atoms with Crippen molar-refractivity contribution in [1.82, 2.24) is 10.2 Å². The van der Waals surface area contributed by atoms with Gasteiger partial charge in [0.15, 0.2) is 0 Å². The summed E-state index contributed by atoms with van der Waals surface area (Å²) in [6.45, 7) is 5.11. The van der Waals surface area contributed by atoms with Crippen LogP contribution in [-0.2, 0) is 32.6 Å². The molecule has 0 aliphatic carbocycles. The predicted octanol–water partition coefficient (Wildman–Crippen LogP) is 7.05. The Morgan fingerprint density at radius 1 is 0.822 bits per heavy atom. The fourth-order valence-electron chi connectivity index (χ4n) is 4.91. The maximum Gasteiger partial charge on any atom is 0.264 e. The zero-order chi connectivity index (χ0) is 32.6. The van der Waals surface area contributed by atoms with Gasteiger partial charge in [0.25, 0.3) is 10.0 Å². The smallest absolute Gasteiger partial charge is 0.264 e. The fourth-order valence-corrected chi connectivity index (χ4v) is 6.73. The normalized spacial score (nSPS) is 12.6. The Bertz CT molecular complexity index is 1720. The van der Waals surface area contributed by atoms with Crippen LogP contribution in [0.2, 0.25) is 10.0 Å². The van der Waals surface area contributed by atoms with E-state index >= 15 is 0 Å². The number of nitrogens with one attached hydrogen (secondary N) is 1. The number of benzene rings is 4. The molecule has 7 nitrogen and oxygen atoms in total. The molecule has 4 aromatic carbocycles. The molecule has 0 spiro atoms. The van der Waals surface area contributed by atoms with E-state index in [1.54, 1.807) is 67.6 Å². The molecule has 0 aliphatic rings. The summed E-state index contributed by atoms with van der Waals surface area (Å²) in [7, 11) is -4.17. The summed E-state index contributed by atoms with van der Waals surface area (Å²) in [5.74, 6) is -0.890. The molecule has 0 aromatic heterocycles. The van der Waals surface area contributed by atoms with Gasteiger partial charge in [-0.15, -0.1) is 0 Å². The summed E-state index contributed by atoms with van der Waals surface area (Å²) < 4.78 is 29.3. The molecule has 0 radical (unpaired) electrons. The van der Waals surface area contributed by atoms with Gasteiger partial charge in [-0.3, -0.25) is 13.9 Å². The first-order chi connectivity index (χ1) is 21.5. The van der Waals surface area contributed by atoms with Gasteiger partial charge in [-0.25, -0.2) is 8.42 Å². The fraction of sp³-hybridized carbons (Fsp3) is 0.257. The van der Waals surface area contributed by atoms with Gasteiger partial charge in [0.05, 0.1) is 20.6 Å². The van der Waals surface area contributed by atoms with Crippen LogP contribution < -0.4 is 9.62 Å². The summed E-state index contributed by atoms with van der Waals surface area (Å²) in [5, 5.41) is 3.69. The van der Waals surface area contributed by atoms with Gasteiger partial charge in [-0.05, 0) is 67.3 Å². The van der Waals surface area contributed by atoms with Crippen LogP contribution in [0.3, 0.4) is 0 Å². The lowest BCUT2D eigenvalue weighted by Crippen LogP contribution is -2.54. The third-order valence-electron chi connectivity index (χ3n) is 7.60. The SMILES string of the molecule is CC[C@H](C)NC(=O)[C@H](Cc1ccccc1)N(Cc1ccc(Cl)c(Cl)c1)C(=O)CN(c1ccccc1C)S(=O)(=O)c1ccccc1. The number of para-hydroxylation sites is 1. The maximum absolute atomic E-state index is 14.5. The average Bonchev–Trinajstić information content (AvgIpc) is 3.04. The Hall–Kier alpha value is -3.85. The van der Waals surface area contributed by atoms with Crippen LogP contribution in [0.5, 0.6) is 0 Å². The van der Waals surface area contributed by atoms with Crippen molar-refractivity contribution < 1.29 is 18.0 Å². The number of carbonyl (C=O) groups excluding carboxylic acids is 2. The largest absolute Gasteiger partial charge is 0.352 e. The lowest BCUT2D eigenvalue weighted by molar-refractivity contribution is -0.140. The van der Waals surface area contributed by atoms with Crippen LogP contribution in [0.4, 0.5) is 5.69 Å². The van der Waals surface area contributed by atoms with E-state index in [-0.39, 0.29) is 29.8 Å². The van der Waals surface area contributed by atoms with E-state index in [4.69, 9.17) is 23.2 Å². The number of carbonyl (C=O) groups is 2. The maximum atomic E-state index is 14.5. The van der Waals surface area contributed by atoms with E-state index in [1.165, 1.54) is 17.0 Å². The van der Waals surface area contributed by atoms with Gasteiger partial charge in [0.1, 0.15) is 12.6 Å². The predicted molar refractivity (Wildman–Crippen MR) is 181 cm³/mol. The Kier molecular flexibility index (Phi) is 11.7. The first-order valence-electron chi connectivity index (χ1n) is 14.7. The third kappa shape index (κ3) is 8.66. The van der Waals surface area contributed by atoms with E-state index in [9.17, 15) is 18.0 Å². The Balaban J connectivity index is 1.82. The lowest BCUT2D eigenvalue weighted by atomic mass is 10.0. The second-order valence-electron chi connectivity index (χ2n) is 10.9. The van der Waals surface area contributed by atoms with Crippen molar-refractivity contribution in [3.05, 3.63) is 130 Å². The summed E-state index contributed by atoms with van der Waals surface area (Å²) in [6, 6.07) is 28.3. The minimum absolute atomic E-state index is 0.00581. The topological polar surface area (TPSA) is 86.8 Å². The minimum atomic E-state index is -4.17. The van der Waals surface area contributed by atoms with Crippen molar-refractivity contribution in [1.29, 1.82) is 0 Å². The second-order valence-corrected chi connectivity index (χ2v) is 13.6. The van der Waals surface area contributed by atoms with Crippen molar-refractivity contribution in [3.8, 4) is 0 Å². The van der Waals surface area contributed by atoms with Crippen molar-refractivity contribution in [3.63, 3.8) is 0 Å². The number of amides is 2. The molecule has 2 atom stereocenters. The quantitative estimate of drug-likeness (QED) is 0.166. The number of nitrogens with zero attached hydrogens (tertiary/aromatic N) is 2. The number of hydrogen-bond donors (Lipinski definition) is 1. The number of aryl methyl sites for hydroxylation is 1. The van der Waals surface area contributed by atoms with Crippen LogP contribution >= 0.6 is 23.2 Å². The molecule has 0 heterocycles. The molecule has 0 bridgehead atoms. The molecular formula is C35H37Cl2N3O4S. The highest BCUT2D eigenvalue weighted by atomic mass is 35.5. The molecule has 4 rings (SSSR count). The van der Waals surface area contributed by atoms with Crippen molar-refractivity contribution >= 4 is 50.7 Å². The first kappa shape index (κ1) is 34.0. The number of halogens is 2. The summed E-state index contributed by atoms with van der Waals surface area (Å²) in [5.41, 5.74) is 2.53. The van der Waals surface area contributed by atoms with Crippen molar-refractivity contribution in [2.75, 3.05) is 10.8 Å². The summed E-state index contributed by atoms with van der Waals surface area (Å²) in [6.07, 6.45) is 0.910. The summed E-state index contributed by atoms with van der Waals surface area (Å²) in [4.78, 5) is 30.0. The molecule has 0 saturated carbocycles. The van der Waals surface area contributed by atoms with E-state index in [2.05, 4.69) is 5.32 Å². The minimum Gasteiger partial charge on any atom is -0.352 e. The van der Waals surface area contributed by atoms with E-state index < -0.39 is 28.5 Å². The number of hydrogen-bond acceptors (Lipinski definition) is 4. The molecule has 0 fully saturated rings. The van der Waals surface area contributed by atoms with Gasteiger partial charge in [-0.2, -0.15) is 0 Å². The van der Waals surface area contributed by atoms with Gasteiger partial charge in [-0.1, -0.05) is 103 Å². The molecule has 236 valence electrons. The number of anilines is 1. The Labute approximate surface area is 275 Å². The number of sulfonamides is 1. The Morgan fingerprint density at radius 3 is 2.07 bits per heavy atom. The van der Waals surface area contributed by atoms with Gasteiger partial charge in [0, 0.05) is 19.0 Å². The van der Waals surface area contributed by atoms with E-state index in [0.717, 1.165) is 9.87 Å². The van der Waals surface area contributed by atoms with Crippen LogP contribution in [0, 0.1) is 6.92 Å². The molecule has 10 heteroatoms. The van der Waals surface area contributed by atoms with Crippen LogP contribution in [0.15, 0.2) is 108 Å². The van der Waals surface area contributed by atoms with Gasteiger partial charge < -0.3 is 10.2 Å². The van der Waals surface area contributed by atoms with Crippen molar-refractivity contribution in [2.24, 2.45) is 0 Å². The second kappa shape index (κ2) is 15.4. The van der Waals surface area contributed by atoms with Crippen molar-refractivity contribution in [2.45, 2.75) is 57.1 Å². The highest BCUT2D eigenvalue weighted by Crippen LogP contribution is 2.28. The Morgan fingerprint density at radius 2 is 1.44 bits per heavy atom. The molecule has 0 aliphatic heterocycles. The third-order valence-corrected chi connectivity index (χ3v) is 10.1. The zero-order valence-corrected chi connectivity index (χ0v) is 27.8. The van der Waals surface area contributed by atoms with Crippen LogP contribution in [-0.4, -0.2) is 43.8 Å². The molecule has 1 N–H and O–H groups in total. The molecule has 4 aromatic rings. The van der Waals surface area contributed by atoms with Gasteiger partial charge in [0.2, 0.25) is 11.8 Å². The molecular weight excluding hydrogens is 629 g/mol.